The van der Waals surface area contributed by atoms with E-state index in [-0.39, 0.29) is 35.8 Å². The number of ketones is 1. The number of nitrogens with zero attached hydrogens (tertiary/aromatic N) is 3. The molecule has 0 spiro atoms. The number of piperidine rings is 2. The SMILES string of the molecule is N#Cc1ccnc(C(=O)C2CC3CCCC(C2)N3C(=O)OCC2c3ccccc3-c3ccccc32)c1. The number of fused-ring (bicyclic) bond motifs is 5. The van der Waals surface area contributed by atoms with Crippen LogP contribution < -0.4 is 0 Å². The van der Waals surface area contributed by atoms with Gasteiger partial charge in [-0.2, -0.15) is 5.26 Å². The molecule has 0 saturated carbocycles. The van der Waals surface area contributed by atoms with E-state index in [0.29, 0.717) is 30.7 Å². The highest BCUT2D eigenvalue weighted by Crippen LogP contribution is 2.45. The number of hydrogen-bond acceptors (Lipinski definition) is 5. The number of nitriles is 1. The van der Waals surface area contributed by atoms with Gasteiger partial charge in [0.25, 0.3) is 0 Å². The molecule has 3 aromatic rings. The second kappa shape index (κ2) is 9.23. The van der Waals surface area contributed by atoms with Crippen molar-refractivity contribution in [3.8, 4) is 17.2 Å². The largest absolute Gasteiger partial charge is 0.448 e. The molecule has 2 atom stereocenters. The van der Waals surface area contributed by atoms with Gasteiger partial charge >= 0.3 is 6.09 Å². The first kappa shape index (κ1) is 22.5. The molecular formula is C30H27N3O3. The van der Waals surface area contributed by atoms with E-state index in [2.05, 4.69) is 35.3 Å². The van der Waals surface area contributed by atoms with Gasteiger partial charge in [-0.1, -0.05) is 48.5 Å². The van der Waals surface area contributed by atoms with Crippen LogP contribution >= 0.6 is 0 Å². The van der Waals surface area contributed by atoms with Crippen LogP contribution in [0, 0.1) is 17.2 Å². The Labute approximate surface area is 210 Å². The van der Waals surface area contributed by atoms with Gasteiger partial charge in [0.2, 0.25) is 0 Å². The average molecular weight is 478 g/mol. The minimum Gasteiger partial charge on any atom is -0.448 e. The molecule has 6 rings (SSSR count). The second-order valence-electron chi connectivity index (χ2n) is 10.0. The van der Waals surface area contributed by atoms with Gasteiger partial charge in [-0.25, -0.2) is 4.79 Å². The molecule has 2 fully saturated rings. The lowest BCUT2D eigenvalue weighted by Crippen LogP contribution is -2.56. The Morgan fingerprint density at radius 3 is 2.25 bits per heavy atom. The zero-order valence-corrected chi connectivity index (χ0v) is 20.0. The van der Waals surface area contributed by atoms with Crippen LogP contribution in [0.1, 0.15) is 65.2 Å². The van der Waals surface area contributed by atoms with Crippen molar-refractivity contribution in [2.75, 3.05) is 6.61 Å². The summed E-state index contributed by atoms with van der Waals surface area (Å²) in [4.78, 5) is 32.7. The number of ether oxygens (including phenoxy) is 1. The summed E-state index contributed by atoms with van der Waals surface area (Å²) in [6.07, 6.45) is 5.24. The number of benzene rings is 2. The monoisotopic (exact) mass is 477 g/mol. The Balaban J connectivity index is 1.16. The van der Waals surface area contributed by atoms with Crippen molar-refractivity contribution in [1.82, 2.24) is 9.88 Å². The predicted molar refractivity (Wildman–Crippen MR) is 134 cm³/mol. The Morgan fingerprint density at radius 2 is 1.61 bits per heavy atom. The molecule has 2 saturated heterocycles. The second-order valence-corrected chi connectivity index (χ2v) is 10.0. The summed E-state index contributed by atoms with van der Waals surface area (Å²) in [6.45, 7) is 0.302. The van der Waals surface area contributed by atoms with Crippen molar-refractivity contribution in [2.45, 2.75) is 50.1 Å². The minimum absolute atomic E-state index is 0.0127. The van der Waals surface area contributed by atoms with Crippen molar-refractivity contribution >= 4 is 11.9 Å². The molecule has 1 aliphatic carbocycles. The maximum Gasteiger partial charge on any atom is 0.410 e. The van der Waals surface area contributed by atoms with Crippen LogP contribution in [-0.4, -0.2) is 40.5 Å². The molecule has 2 unspecified atom stereocenters. The summed E-state index contributed by atoms with van der Waals surface area (Å²) in [6, 6.07) is 21.9. The molecule has 180 valence electrons. The van der Waals surface area contributed by atoms with Crippen molar-refractivity contribution < 1.29 is 14.3 Å². The van der Waals surface area contributed by atoms with Gasteiger partial charge in [-0.3, -0.25) is 9.78 Å². The number of carbonyl (C=O) groups is 2. The summed E-state index contributed by atoms with van der Waals surface area (Å²) in [5.41, 5.74) is 5.58. The predicted octanol–water partition coefficient (Wildman–Crippen LogP) is 5.72. The van der Waals surface area contributed by atoms with Gasteiger partial charge in [-0.15, -0.1) is 0 Å². The normalized spacial score (nSPS) is 22.3. The number of Topliss-reactive ketones (excluding diaryl/α,β-unsaturated/α-hetero) is 1. The summed E-state index contributed by atoms with van der Waals surface area (Å²) in [5, 5.41) is 9.17. The van der Waals surface area contributed by atoms with Crippen molar-refractivity contribution in [3.05, 3.63) is 89.2 Å². The van der Waals surface area contributed by atoms with Crippen LogP contribution in [0.2, 0.25) is 0 Å². The lowest BCUT2D eigenvalue weighted by atomic mass is 9.76. The summed E-state index contributed by atoms with van der Waals surface area (Å²) >= 11 is 0. The van der Waals surface area contributed by atoms with Gasteiger partial charge in [0, 0.05) is 30.1 Å². The summed E-state index contributed by atoms with van der Waals surface area (Å²) in [5.74, 6) is -0.200. The summed E-state index contributed by atoms with van der Waals surface area (Å²) in [7, 11) is 0. The maximum atomic E-state index is 13.4. The number of rotatable bonds is 4. The smallest absolute Gasteiger partial charge is 0.410 e. The molecule has 2 aliphatic heterocycles. The molecule has 6 nitrogen and oxygen atoms in total. The molecule has 2 aromatic carbocycles. The fourth-order valence-electron chi connectivity index (χ4n) is 6.41. The standard InChI is InChI=1S/C30H27N3O3/c31-17-19-12-13-32-28(14-19)29(34)20-15-21-6-5-7-22(16-20)33(21)30(35)36-18-27-25-10-3-1-8-23(25)24-9-2-4-11-26(24)27/h1-4,8-14,20-22,27H,5-7,15-16,18H2. The first-order chi connectivity index (χ1) is 17.6. The molecular weight excluding hydrogens is 450 g/mol. The Hall–Kier alpha value is -3.98. The van der Waals surface area contributed by atoms with Crippen molar-refractivity contribution in [2.24, 2.45) is 5.92 Å². The molecule has 1 aromatic heterocycles. The van der Waals surface area contributed by atoms with Crippen LogP contribution in [0.15, 0.2) is 66.9 Å². The van der Waals surface area contributed by atoms with Crippen LogP contribution in [-0.2, 0) is 4.74 Å². The first-order valence-electron chi connectivity index (χ1n) is 12.7. The molecule has 2 bridgehead atoms. The van der Waals surface area contributed by atoms with Gasteiger partial charge in [-0.05, 0) is 66.5 Å². The molecule has 6 heteroatoms. The highest BCUT2D eigenvalue weighted by Gasteiger charge is 2.44. The highest BCUT2D eigenvalue weighted by atomic mass is 16.6. The van der Waals surface area contributed by atoms with E-state index >= 15 is 0 Å². The van der Waals surface area contributed by atoms with Gasteiger partial charge in [0.15, 0.2) is 5.78 Å². The molecule has 3 heterocycles. The number of amides is 1. The number of pyridine rings is 1. The van der Waals surface area contributed by atoms with Crippen LogP contribution in [0.25, 0.3) is 11.1 Å². The minimum atomic E-state index is -0.276. The Bertz CT molecular complexity index is 1320. The maximum absolute atomic E-state index is 13.4. The number of carbonyl (C=O) groups excluding carboxylic acids is 2. The Morgan fingerprint density at radius 1 is 0.972 bits per heavy atom. The molecule has 1 amide bonds. The third kappa shape index (κ3) is 3.85. The molecule has 3 aliphatic rings. The van der Waals surface area contributed by atoms with E-state index in [9.17, 15) is 14.9 Å². The van der Waals surface area contributed by atoms with Crippen molar-refractivity contribution in [3.63, 3.8) is 0 Å². The van der Waals surface area contributed by atoms with Gasteiger partial charge < -0.3 is 9.64 Å². The van der Waals surface area contributed by atoms with E-state index in [1.54, 1.807) is 12.1 Å². The van der Waals surface area contributed by atoms with Crippen LogP contribution in [0.4, 0.5) is 4.79 Å². The third-order valence-corrected chi connectivity index (χ3v) is 8.03. The van der Waals surface area contributed by atoms with Gasteiger partial charge in [0.05, 0.1) is 11.6 Å². The van der Waals surface area contributed by atoms with Gasteiger partial charge in [0.1, 0.15) is 12.3 Å². The van der Waals surface area contributed by atoms with E-state index in [1.165, 1.54) is 28.5 Å². The lowest BCUT2D eigenvalue weighted by molar-refractivity contribution is 0.00641. The number of aromatic nitrogens is 1. The Kier molecular flexibility index (Phi) is 5.77. The summed E-state index contributed by atoms with van der Waals surface area (Å²) < 4.78 is 5.98. The van der Waals surface area contributed by atoms with Crippen molar-refractivity contribution in [1.29, 1.82) is 5.26 Å². The lowest BCUT2D eigenvalue weighted by Gasteiger charge is -2.47. The van der Waals surface area contributed by atoms with E-state index in [4.69, 9.17) is 4.74 Å². The zero-order chi connectivity index (χ0) is 24.6. The van der Waals surface area contributed by atoms with E-state index < -0.39 is 0 Å². The van der Waals surface area contributed by atoms with E-state index in [0.717, 1.165) is 19.3 Å². The first-order valence-corrected chi connectivity index (χ1v) is 12.7. The fraction of sp³-hybridized carbons (Fsp3) is 0.333. The van der Waals surface area contributed by atoms with Crippen LogP contribution in [0.3, 0.4) is 0 Å². The quantitative estimate of drug-likeness (QED) is 0.449. The van der Waals surface area contributed by atoms with E-state index in [1.807, 2.05) is 29.2 Å². The molecule has 36 heavy (non-hydrogen) atoms. The zero-order valence-electron chi connectivity index (χ0n) is 20.0. The molecule has 0 radical (unpaired) electrons. The number of hydrogen-bond donors (Lipinski definition) is 0. The van der Waals surface area contributed by atoms with Crippen LogP contribution in [0.5, 0.6) is 0 Å². The average Bonchev–Trinajstić information content (AvgIpc) is 3.24. The third-order valence-electron chi connectivity index (χ3n) is 8.03. The molecule has 0 N–H and O–H groups in total. The topological polar surface area (TPSA) is 83.3 Å². The highest BCUT2D eigenvalue weighted by molar-refractivity contribution is 5.96. The fourth-order valence-corrected chi connectivity index (χ4v) is 6.41.